The van der Waals surface area contributed by atoms with E-state index in [0.29, 0.717) is 0 Å². The molecule has 0 unspecified atom stereocenters. The van der Waals surface area contributed by atoms with Crippen molar-refractivity contribution in [1.29, 1.82) is 0 Å². The Morgan fingerprint density at radius 1 is 0.771 bits per heavy atom. The Kier molecular flexibility index (Phi) is 5.20. The molecule has 168 valence electrons. The van der Waals surface area contributed by atoms with E-state index in [9.17, 15) is 0 Å². The van der Waals surface area contributed by atoms with Crippen molar-refractivity contribution in [3.8, 4) is 11.1 Å². The van der Waals surface area contributed by atoms with Gasteiger partial charge in [0.2, 0.25) is 0 Å². The first-order valence-electron chi connectivity index (χ1n) is 11.8. The molecule has 1 aromatic heterocycles. The molecule has 0 atom stereocenters. The minimum atomic E-state index is 0.762. The van der Waals surface area contributed by atoms with Crippen molar-refractivity contribution >= 4 is 50.6 Å². The SMILES string of the molecule is C=C/C=c1\c(=C/Cc2ccc3oc4cccc(-c5ccc(N)cc5)c4c3c2)ccc2ccccc12. The molecule has 5 aromatic carbocycles. The Labute approximate surface area is 203 Å². The Morgan fingerprint density at radius 2 is 1.63 bits per heavy atom. The lowest BCUT2D eigenvalue weighted by Crippen LogP contribution is -2.25. The number of nitrogen functional groups attached to an aromatic ring is 1. The third-order valence-electron chi connectivity index (χ3n) is 6.63. The summed E-state index contributed by atoms with van der Waals surface area (Å²) in [6, 6.07) is 33.6. The van der Waals surface area contributed by atoms with Crippen LogP contribution in [0.5, 0.6) is 0 Å². The molecule has 1 heterocycles. The van der Waals surface area contributed by atoms with Gasteiger partial charge in [0, 0.05) is 16.5 Å². The van der Waals surface area contributed by atoms with E-state index >= 15 is 0 Å². The van der Waals surface area contributed by atoms with E-state index in [1.165, 1.54) is 26.8 Å². The molecule has 0 amide bonds. The van der Waals surface area contributed by atoms with E-state index in [4.69, 9.17) is 10.2 Å². The third kappa shape index (κ3) is 3.79. The zero-order chi connectivity index (χ0) is 23.8. The standard InChI is InChI=1S/C33H25NO/c1-2-6-27-24(15-14-23-7-3-4-8-28(23)27)13-11-22-12-20-31-30(21-22)33-29(9-5-10-32(33)35-31)25-16-18-26(34)19-17-25/h2-10,12-21H,1,11,34H2/b24-13-,27-6+. The smallest absolute Gasteiger partial charge is 0.136 e. The molecule has 2 N–H and O–H groups in total. The van der Waals surface area contributed by atoms with Gasteiger partial charge in [0.05, 0.1) is 0 Å². The van der Waals surface area contributed by atoms with E-state index in [1.807, 2.05) is 30.3 Å². The van der Waals surface area contributed by atoms with Gasteiger partial charge in [-0.05, 0) is 74.7 Å². The number of hydrogen-bond acceptors (Lipinski definition) is 2. The molecule has 35 heavy (non-hydrogen) atoms. The van der Waals surface area contributed by atoms with Crippen molar-refractivity contribution < 1.29 is 4.42 Å². The molecule has 2 nitrogen and oxygen atoms in total. The maximum Gasteiger partial charge on any atom is 0.136 e. The molecule has 0 saturated carbocycles. The second-order valence-electron chi connectivity index (χ2n) is 8.83. The lowest BCUT2D eigenvalue weighted by molar-refractivity contribution is 0.669. The Bertz CT molecular complexity index is 1840. The van der Waals surface area contributed by atoms with Gasteiger partial charge in [-0.15, -0.1) is 0 Å². The highest BCUT2D eigenvalue weighted by Crippen LogP contribution is 2.37. The minimum absolute atomic E-state index is 0.762. The number of fused-ring (bicyclic) bond motifs is 4. The topological polar surface area (TPSA) is 39.2 Å². The maximum absolute atomic E-state index is 6.20. The summed E-state index contributed by atoms with van der Waals surface area (Å²) >= 11 is 0. The lowest BCUT2D eigenvalue weighted by Gasteiger charge is -2.05. The summed E-state index contributed by atoms with van der Waals surface area (Å²) in [6.07, 6.45) is 7.08. The van der Waals surface area contributed by atoms with Crippen LogP contribution in [0.3, 0.4) is 0 Å². The van der Waals surface area contributed by atoms with E-state index in [1.54, 1.807) is 0 Å². The fraction of sp³-hybridized carbons (Fsp3) is 0.0303. The van der Waals surface area contributed by atoms with Crippen LogP contribution in [0.15, 0.2) is 114 Å². The lowest BCUT2D eigenvalue weighted by atomic mass is 9.98. The number of anilines is 1. The highest BCUT2D eigenvalue weighted by atomic mass is 16.3. The van der Waals surface area contributed by atoms with Crippen LogP contribution in [0.2, 0.25) is 0 Å². The normalized spacial score (nSPS) is 12.7. The van der Waals surface area contributed by atoms with Gasteiger partial charge in [0.25, 0.3) is 0 Å². The zero-order valence-electron chi connectivity index (χ0n) is 19.4. The number of nitrogens with two attached hydrogens (primary N) is 1. The van der Waals surface area contributed by atoms with Gasteiger partial charge in [0.15, 0.2) is 0 Å². The number of rotatable bonds is 4. The van der Waals surface area contributed by atoms with Crippen molar-refractivity contribution in [2.24, 2.45) is 0 Å². The van der Waals surface area contributed by atoms with Crippen molar-refractivity contribution in [3.05, 3.63) is 126 Å². The number of hydrogen-bond donors (Lipinski definition) is 1. The van der Waals surface area contributed by atoms with Crippen LogP contribution in [0.25, 0.3) is 56.0 Å². The van der Waals surface area contributed by atoms with Gasteiger partial charge in [-0.1, -0.05) is 91.5 Å². The van der Waals surface area contributed by atoms with Crippen LogP contribution >= 0.6 is 0 Å². The molecule has 0 spiro atoms. The van der Waals surface area contributed by atoms with Crippen molar-refractivity contribution in [2.75, 3.05) is 5.73 Å². The molecule has 2 heteroatoms. The highest BCUT2D eigenvalue weighted by Gasteiger charge is 2.13. The van der Waals surface area contributed by atoms with Crippen LogP contribution in [0.4, 0.5) is 5.69 Å². The molecule has 0 aliphatic heterocycles. The Morgan fingerprint density at radius 3 is 2.49 bits per heavy atom. The molecule has 0 aliphatic carbocycles. The van der Waals surface area contributed by atoms with Gasteiger partial charge in [0.1, 0.15) is 11.2 Å². The van der Waals surface area contributed by atoms with E-state index in [0.717, 1.165) is 45.2 Å². The summed E-state index contributed by atoms with van der Waals surface area (Å²) in [5, 5.41) is 7.17. The predicted octanol–water partition coefficient (Wildman–Crippen LogP) is 6.98. The molecule has 6 rings (SSSR count). The van der Waals surface area contributed by atoms with Crippen LogP contribution in [0.1, 0.15) is 5.56 Å². The molecule has 0 saturated heterocycles. The first kappa shape index (κ1) is 21.0. The summed E-state index contributed by atoms with van der Waals surface area (Å²) in [4.78, 5) is 0. The minimum Gasteiger partial charge on any atom is -0.456 e. The van der Waals surface area contributed by atoms with E-state index in [2.05, 4.69) is 91.5 Å². The van der Waals surface area contributed by atoms with Crippen molar-refractivity contribution in [2.45, 2.75) is 6.42 Å². The number of benzene rings is 5. The molecular formula is C33H25NO. The Hall–Kier alpha value is -4.56. The molecule has 0 radical (unpaired) electrons. The second-order valence-corrected chi connectivity index (χ2v) is 8.83. The molecule has 6 aromatic rings. The van der Waals surface area contributed by atoms with Gasteiger partial charge in [-0.25, -0.2) is 0 Å². The molecule has 0 aliphatic rings. The zero-order valence-corrected chi connectivity index (χ0v) is 19.4. The quantitative estimate of drug-likeness (QED) is 0.294. The first-order chi connectivity index (χ1) is 17.2. The van der Waals surface area contributed by atoms with Crippen LogP contribution < -0.4 is 16.2 Å². The fourth-order valence-corrected chi connectivity index (χ4v) is 4.93. The summed E-state index contributed by atoms with van der Waals surface area (Å²) in [7, 11) is 0. The van der Waals surface area contributed by atoms with Crippen molar-refractivity contribution in [1.82, 2.24) is 0 Å². The molecule has 0 fully saturated rings. The summed E-state index contributed by atoms with van der Waals surface area (Å²) < 4.78 is 6.20. The molecular weight excluding hydrogens is 426 g/mol. The highest BCUT2D eigenvalue weighted by molar-refractivity contribution is 6.12. The van der Waals surface area contributed by atoms with Gasteiger partial charge < -0.3 is 10.2 Å². The van der Waals surface area contributed by atoms with Crippen LogP contribution in [-0.2, 0) is 6.42 Å². The average molecular weight is 452 g/mol. The summed E-state index contributed by atoms with van der Waals surface area (Å²) in [5.74, 6) is 0. The first-order valence-corrected chi connectivity index (χ1v) is 11.8. The monoisotopic (exact) mass is 451 g/mol. The number of furan rings is 1. The van der Waals surface area contributed by atoms with Crippen LogP contribution in [0, 0.1) is 0 Å². The summed E-state index contributed by atoms with van der Waals surface area (Å²) in [5.41, 5.74) is 12.0. The fourth-order valence-electron chi connectivity index (χ4n) is 4.93. The average Bonchev–Trinajstić information content (AvgIpc) is 3.27. The van der Waals surface area contributed by atoms with Gasteiger partial charge in [-0.3, -0.25) is 0 Å². The molecule has 0 bridgehead atoms. The second kappa shape index (κ2) is 8.66. The largest absolute Gasteiger partial charge is 0.456 e. The predicted molar refractivity (Wildman–Crippen MR) is 150 cm³/mol. The van der Waals surface area contributed by atoms with Gasteiger partial charge >= 0.3 is 0 Å². The summed E-state index contributed by atoms with van der Waals surface area (Å²) in [6.45, 7) is 3.93. The Balaban J connectivity index is 1.48. The maximum atomic E-state index is 6.20. The van der Waals surface area contributed by atoms with Crippen molar-refractivity contribution in [3.63, 3.8) is 0 Å². The van der Waals surface area contributed by atoms with Crippen LogP contribution in [-0.4, -0.2) is 0 Å². The third-order valence-corrected chi connectivity index (χ3v) is 6.63. The van der Waals surface area contributed by atoms with E-state index < -0.39 is 0 Å². The number of allylic oxidation sites excluding steroid dienone is 1. The van der Waals surface area contributed by atoms with Gasteiger partial charge in [-0.2, -0.15) is 0 Å². The van der Waals surface area contributed by atoms with E-state index in [-0.39, 0.29) is 0 Å².